The van der Waals surface area contributed by atoms with Gasteiger partial charge in [-0.05, 0) is 43.2 Å². The molecule has 0 atom stereocenters. The second-order valence-corrected chi connectivity index (χ2v) is 9.54. The normalized spacial score (nSPS) is 15.2. The van der Waals surface area contributed by atoms with Gasteiger partial charge in [-0.1, -0.05) is 18.2 Å². The molecule has 1 saturated heterocycles. The van der Waals surface area contributed by atoms with Crippen molar-refractivity contribution in [2.45, 2.75) is 30.2 Å². The number of halogens is 1. The molecule has 8 nitrogen and oxygen atoms in total. The van der Waals surface area contributed by atoms with E-state index in [1.54, 1.807) is 36.2 Å². The van der Waals surface area contributed by atoms with Gasteiger partial charge < -0.3 is 4.90 Å². The number of piperidine rings is 1. The van der Waals surface area contributed by atoms with E-state index in [1.165, 1.54) is 16.8 Å². The van der Waals surface area contributed by atoms with E-state index in [9.17, 15) is 22.4 Å². The molecule has 0 aliphatic carbocycles. The number of likely N-dealkylation sites (tertiary alicyclic amines) is 1. The van der Waals surface area contributed by atoms with Gasteiger partial charge in [-0.3, -0.25) is 9.59 Å². The molecule has 0 unspecified atom stereocenters. The van der Waals surface area contributed by atoms with Crippen LogP contribution in [0.15, 0.2) is 58.2 Å². The number of hydrogen-bond acceptors (Lipinski definition) is 5. The Kier molecular flexibility index (Phi) is 6.07. The van der Waals surface area contributed by atoms with Crippen LogP contribution < -0.4 is 10.3 Å². The summed E-state index contributed by atoms with van der Waals surface area (Å²) in [5, 5.41) is 5.45. The highest BCUT2D eigenvalue weighted by Gasteiger charge is 2.27. The van der Waals surface area contributed by atoms with Gasteiger partial charge in [0.05, 0.1) is 22.4 Å². The molecule has 3 aromatic rings. The van der Waals surface area contributed by atoms with E-state index < -0.39 is 15.8 Å². The summed E-state index contributed by atoms with van der Waals surface area (Å²) in [4.78, 5) is 26.8. The van der Waals surface area contributed by atoms with E-state index in [-0.39, 0.29) is 28.8 Å². The summed E-state index contributed by atoms with van der Waals surface area (Å²) in [5.41, 5.74) is 0.317. The van der Waals surface area contributed by atoms with E-state index in [4.69, 9.17) is 0 Å². The van der Waals surface area contributed by atoms with Gasteiger partial charge in [0, 0.05) is 31.6 Å². The molecule has 0 bridgehead atoms. The number of hydrogen-bond donors (Lipinski definition) is 1. The first-order valence-electron chi connectivity index (χ1n) is 10.3. The summed E-state index contributed by atoms with van der Waals surface area (Å²) in [5.74, 6) is -0.627. The van der Waals surface area contributed by atoms with Gasteiger partial charge >= 0.3 is 0 Å². The molecule has 168 valence electrons. The van der Waals surface area contributed by atoms with Crippen LogP contribution in [0.5, 0.6) is 0 Å². The molecule has 1 fully saturated rings. The zero-order chi connectivity index (χ0) is 22.9. The monoisotopic (exact) mass is 458 g/mol. The van der Waals surface area contributed by atoms with Crippen molar-refractivity contribution in [3.05, 3.63) is 70.4 Å². The van der Waals surface area contributed by atoms with Crippen molar-refractivity contribution in [3.8, 4) is 0 Å². The number of aromatic nitrogens is 2. The third kappa shape index (κ3) is 4.56. The molecule has 1 N–H and O–H groups in total. The van der Waals surface area contributed by atoms with Gasteiger partial charge in [0.1, 0.15) is 5.82 Å². The number of rotatable bonds is 5. The van der Waals surface area contributed by atoms with Crippen LogP contribution in [-0.2, 0) is 28.3 Å². The average molecular weight is 459 g/mol. The summed E-state index contributed by atoms with van der Waals surface area (Å²) in [6.07, 6.45) is 0.988. The molecule has 2 heterocycles. The fraction of sp³-hybridized carbons (Fsp3) is 0.318. The Labute approximate surface area is 184 Å². The maximum atomic E-state index is 13.1. The second-order valence-electron chi connectivity index (χ2n) is 7.83. The topological polar surface area (TPSA) is 101 Å². The Bertz CT molecular complexity index is 1310. The third-order valence-corrected chi connectivity index (χ3v) is 7.18. The lowest BCUT2D eigenvalue weighted by molar-refractivity contribution is -0.131. The quantitative estimate of drug-likeness (QED) is 0.626. The largest absolute Gasteiger partial charge is 0.342 e. The molecular weight excluding hydrogens is 435 g/mol. The molecule has 1 aliphatic heterocycles. The fourth-order valence-corrected chi connectivity index (χ4v) is 5.21. The molecule has 1 aliphatic rings. The number of carbonyl (C=O) groups is 1. The number of sulfonamides is 1. The summed E-state index contributed by atoms with van der Waals surface area (Å²) in [6.45, 7) is 0.804. The number of fused-ring (bicyclic) bond motifs is 1. The van der Waals surface area contributed by atoms with Crippen molar-refractivity contribution in [1.29, 1.82) is 0 Å². The minimum Gasteiger partial charge on any atom is -0.342 e. The standard InChI is InChI=1S/C22H23FN4O4S/c1-26-22(29)19-5-3-2-4-18(19)20(24-26)14-21(28)27-12-10-16(11-13-27)25-32(30,31)17-8-6-15(23)7-9-17/h2-9,16,25H,10-14H2,1H3. The lowest BCUT2D eigenvalue weighted by Gasteiger charge is -2.32. The highest BCUT2D eigenvalue weighted by molar-refractivity contribution is 7.89. The highest BCUT2D eigenvalue weighted by atomic mass is 32.2. The van der Waals surface area contributed by atoms with Crippen LogP contribution in [-0.4, -0.2) is 48.1 Å². The molecule has 0 spiro atoms. The molecule has 1 amide bonds. The smallest absolute Gasteiger partial charge is 0.274 e. The number of nitrogens with zero attached hydrogens (tertiary/aromatic N) is 3. The predicted octanol–water partition coefficient (Wildman–Crippen LogP) is 1.58. The van der Waals surface area contributed by atoms with Crippen LogP contribution in [0.4, 0.5) is 4.39 Å². The van der Waals surface area contributed by atoms with E-state index in [0.29, 0.717) is 42.4 Å². The lowest BCUT2D eigenvalue weighted by Crippen LogP contribution is -2.47. The van der Waals surface area contributed by atoms with Crippen molar-refractivity contribution in [2.75, 3.05) is 13.1 Å². The zero-order valence-electron chi connectivity index (χ0n) is 17.5. The van der Waals surface area contributed by atoms with Gasteiger partial charge in [-0.25, -0.2) is 22.2 Å². The Morgan fingerprint density at radius 2 is 1.72 bits per heavy atom. The van der Waals surface area contributed by atoms with Gasteiger partial charge in [0.2, 0.25) is 15.9 Å². The Balaban J connectivity index is 1.40. The van der Waals surface area contributed by atoms with Crippen LogP contribution in [0.25, 0.3) is 10.8 Å². The second kappa shape index (κ2) is 8.79. The Morgan fingerprint density at radius 3 is 2.38 bits per heavy atom. The molecular formula is C22H23FN4O4S. The SMILES string of the molecule is Cn1nc(CC(=O)N2CCC(NS(=O)(=O)c3ccc(F)cc3)CC2)c2ccccc2c1=O. The van der Waals surface area contributed by atoms with Gasteiger partial charge in [-0.15, -0.1) is 0 Å². The zero-order valence-corrected chi connectivity index (χ0v) is 18.3. The molecule has 0 saturated carbocycles. The molecule has 0 radical (unpaired) electrons. The Morgan fingerprint density at radius 1 is 1.09 bits per heavy atom. The minimum atomic E-state index is -3.76. The average Bonchev–Trinajstić information content (AvgIpc) is 2.78. The highest BCUT2D eigenvalue weighted by Crippen LogP contribution is 2.18. The molecule has 4 rings (SSSR count). The number of nitrogens with one attached hydrogen (secondary N) is 1. The third-order valence-electron chi connectivity index (χ3n) is 5.65. The van der Waals surface area contributed by atoms with Gasteiger partial charge in [0.25, 0.3) is 5.56 Å². The van der Waals surface area contributed by atoms with E-state index in [2.05, 4.69) is 9.82 Å². The number of carbonyl (C=O) groups excluding carboxylic acids is 1. The molecule has 10 heteroatoms. The maximum absolute atomic E-state index is 13.1. The summed E-state index contributed by atoms with van der Waals surface area (Å²) < 4.78 is 41.9. The summed E-state index contributed by atoms with van der Waals surface area (Å²) in [7, 11) is -2.20. The summed E-state index contributed by atoms with van der Waals surface area (Å²) in [6, 6.07) is 11.4. The van der Waals surface area contributed by atoms with Gasteiger partial charge in [0.15, 0.2) is 0 Å². The number of benzene rings is 2. The minimum absolute atomic E-state index is 0.00467. The first kappa shape index (κ1) is 22.1. The molecule has 32 heavy (non-hydrogen) atoms. The summed E-state index contributed by atoms with van der Waals surface area (Å²) >= 11 is 0. The van der Waals surface area contributed by atoms with Crippen LogP contribution in [0, 0.1) is 5.82 Å². The molecule has 1 aromatic heterocycles. The number of aryl methyl sites for hydroxylation is 1. The van der Waals surface area contributed by atoms with E-state index in [1.807, 2.05) is 0 Å². The van der Waals surface area contributed by atoms with Gasteiger partial charge in [-0.2, -0.15) is 5.10 Å². The van der Waals surface area contributed by atoms with Crippen molar-refractivity contribution >= 4 is 26.7 Å². The van der Waals surface area contributed by atoms with E-state index >= 15 is 0 Å². The van der Waals surface area contributed by atoms with Crippen LogP contribution in [0.2, 0.25) is 0 Å². The van der Waals surface area contributed by atoms with Crippen molar-refractivity contribution in [1.82, 2.24) is 19.4 Å². The predicted molar refractivity (Wildman–Crippen MR) is 117 cm³/mol. The fourth-order valence-electron chi connectivity index (χ4n) is 3.91. The van der Waals surface area contributed by atoms with Crippen molar-refractivity contribution < 1.29 is 17.6 Å². The lowest BCUT2D eigenvalue weighted by atomic mass is 10.0. The van der Waals surface area contributed by atoms with Crippen LogP contribution in [0.1, 0.15) is 18.5 Å². The number of amides is 1. The maximum Gasteiger partial charge on any atom is 0.274 e. The van der Waals surface area contributed by atoms with E-state index in [0.717, 1.165) is 12.1 Å². The molecule has 2 aromatic carbocycles. The van der Waals surface area contributed by atoms with Crippen molar-refractivity contribution in [2.24, 2.45) is 7.05 Å². The van der Waals surface area contributed by atoms with Crippen molar-refractivity contribution in [3.63, 3.8) is 0 Å². The Hall–Kier alpha value is -3.11. The van der Waals surface area contributed by atoms with Crippen LogP contribution in [0.3, 0.4) is 0 Å². The van der Waals surface area contributed by atoms with Crippen LogP contribution >= 0.6 is 0 Å². The first-order valence-corrected chi connectivity index (χ1v) is 11.7. The first-order chi connectivity index (χ1) is 15.2.